The number of rotatable bonds is 6. The smallest absolute Gasteiger partial charge is 0.227 e. The topological polar surface area (TPSA) is 53.4 Å². The predicted molar refractivity (Wildman–Crippen MR) is 86.9 cm³/mol. The highest BCUT2D eigenvalue weighted by Crippen LogP contribution is 2.23. The van der Waals surface area contributed by atoms with E-state index in [2.05, 4.69) is 4.98 Å². The summed E-state index contributed by atoms with van der Waals surface area (Å²) in [5.41, 5.74) is 1.70. The average Bonchev–Trinajstić information content (AvgIpc) is 2.51. The molecule has 0 fully saturated rings. The van der Waals surface area contributed by atoms with Crippen LogP contribution < -0.4 is 0 Å². The number of halogens is 2. The molecule has 0 aliphatic heterocycles. The van der Waals surface area contributed by atoms with Crippen LogP contribution >= 0.6 is 23.2 Å². The van der Waals surface area contributed by atoms with Crippen LogP contribution in [0.15, 0.2) is 42.7 Å². The van der Waals surface area contributed by atoms with E-state index in [0.29, 0.717) is 16.6 Å². The van der Waals surface area contributed by atoms with Crippen molar-refractivity contribution in [3.63, 3.8) is 0 Å². The van der Waals surface area contributed by atoms with E-state index in [9.17, 15) is 9.90 Å². The highest BCUT2D eigenvalue weighted by atomic mass is 35.5. The first-order valence-electron chi connectivity index (χ1n) is 6.81. The molecule has 1 amide bonds. The number of carbonyl (C=O) groups is 1. The summed E-state index contributed by atoms with van der Waals surface area (Å²) in [6.07, 6.45) is 3.57. The standard InChI is InChI=1S/C16H16Cl2N2O2/c17-14-4-3-13(8-15(14)18)11-20(6-7-21)16(22)9-12-2-1-5-19-10-12/h1-5,8,10,21H,6-7,9,11H2. The molecule has 0 bridgehead atoms. The van der Waals surface area contributed by atoms with E-state index < -0.39 is 0 Å². The zero-order valence-electron chi connectivity index (χ0n) is 11.9. The van der Waals surface area contributed by atoms with Crippen LogP contribution in [0.1, 0.15) is 11.1 Å². The first-order chi connectivity index (χ1) is 10.6. The quantitative estimate of drug-likeness (QED) is 0.880. The van der Waals surface area contributed by atoms with Gasteiger partial charge in [0.2, 0.25) is 5.91 Å². The summed E-state index contributed by atoms with van der Waals surface area (Å²) in [5.74, 6) is -0.0758. The van der Waals surface area contributed by atoms with Crippen LogP contribution in [0.2, 0.25) is 10.0 Å². The Labute approximate surface area is 139 Å². The van der Waals surface area contributed by atoms with Crippen molar-refractivity contribution >= 4 is 29.1 Å². The molecule has 0 aliphatic carbocycles. The number of carbonyl (C=O) groups excluding carboxylic acids is 1. The molecule has 2 rings (SSSR count). The molecule has 0 aliphatic rings. The van der Waals surface area contributed by atoms with Crippen LogP contribution in [0.25, 0.3) is 0 Å². The molecule has 1 aromatic carbocycles. The minimum absolute atomic E-state index is 0.0758. The first kappa shape index (κ1) is 16.7. The molecule has 1 heterocycles. The maximum atomic E-state index is 12.4. The third kappa shape index (κ3) is 4.70. The number of aliphatic hydroxyl groups excluding tert-OH is 1. The lowest BCUT2D eigenvalue weighted by Gasteiger charge is -2.22. The summed E-state index contributed by atoms with van der Waals surface area (Å²) in [6, 6.07) is 8.88. The van der Waals surface area contributed by atoms with Gasteiger partial charge in [0.05, 0.1) is 23.1 Å². The Morgan fingerprint density at radius 3 is 2.64 bits per heavy atom. The van der Waals surface area contributed by atoms with Crippen molar-refractivity contribution in [1.29, 1.82) is 0 Å². The fraction of sp³-hybridized carbons (Fsp3) is 0.250. The zero-order chi connectivity index (χ0) is 15.9. The van der Waals surface area contributed by atoms with Crippen molar-refractivity contribution < 1.29 is 9.90 Å². The Morgan fingerprint density at radius 1 is 1.18 bits per heavy atom. The second kappa shape index (κ2) is 8.13. The predicted octanol–water partition coefficient (Wildman–Crippen LogP) is 2.95. The fourth-order valence-corrected chi connectivity index (χ4v) is 2.38. The van der Waals surface area contributed by atoms with Crippen LogP contribution in [0, 0.1) is 0 Å². The van der Waals surface area contributed by atoms with Gasteiger partial charge in [-0.05, 0) is 29.3 Å². The van der Waals surface area contributed by atoms with Gasteiger partial charge < -0.3 is 10.0 Å². The molecule has 1 aromatic heterocycles. The molecule has 6 heteroatoms. The van der Waals surface area contributed by atoms with Gasteiger partial charge in [-0.1, -0.05) is 35.3 Å². The van der Waals surface area contributed by atoms with Crippen molar-refractivity contribution in [3.05, 3.63) is 63.9 Å². The first-order valence-corrected chi connectivity index (χ1v) is 7.57. The Morgan fingerprint density at radius 2 is 2.00 bits per heavy atom. The minimum Gasteiger partial charge on any atom is -0.395 e. The fourth-order valence-electron chi connectivity index (χ4n) is 2.06. The van der Waals surface area contributed by atoms with E-state index in [0.717, 1.165) is 11.1 Å². The van der Waals surface area contributed by atoms with Gasteiger partial charge in [0.15, 0.2) is 0 Å². The van der Waals surface area contributed by atoms with Gasteiger partial charge >= 0.3 is 0 Å². The van der Waals surface area contributed by atoms with E-state index in [-0.39, 0.29) is 25.5 Å². The molecule has 4 nitrogen and oxygen atoms in total. The molecule has 2 aromatic rings. The van der Waals surface area contributed by atoms with Crippen molar-refractivity contribution in [2.24, 2.45) is 0 Å². The number of hydrogen-bond acceptors (Lipinski definition) is 3. The van der Waals surface area contributed by atoms with Gasteiger partial charge in [-0.15, -0.1) is 0 Å². The molecule has 0 spiro atoms. The van der Waals surface area contributed by atoms with Gasteiger partial charge in [0.1, 0.15) is 0 Å². The molecule has 0 radical (unpaired) electrons. The van der Waals surface area contributed by atoms with Crippen LogP contribution in [0.5, 0.6) is 0 Å². The summed E-state index contributed by atoms with van der Waals surface area (Å²) in [5, 5.41) is 10.1. The highest BCUT2D eigenvalue weighted by Gasteiger charge is 2.15. The zero-order valence-corrected chi connectivity index (χ0v) is 13.4. The molecule has 0 saturated carbocycles. The van der Waals surface area contributed by atoms with E-state index >= 15 is 0 Å². The average molecular weight is 339 g/mol. The SMILES string of the molecule is O=C(Cc1cccnc1)N(CCO)Cc1ccc(Cl)c(Cl)c1. The van der Waals surface area contributed by atoms with Gasteiger partial charge in [-0.25, -0.2) is 0 Å². The summed E-state index contributed by atoms with van der Waals surface area (Å²) in [4.78, 5) is 18.0. The lowest BCUT2D eigenvalue weighted by molar-refractivity contribution is -0.131. The van der Waals surface area contributed by atoms with Gasteiger partial charge in [0, 0.05) is 25.5 Å². The van der Waals surface area contributed by atoms with Crippen LogP contribution in [-0.4, -0.2) is 34.0 Å². The number of hydrogen-bond donors (Lipinski definition) is 1. The van der Waals surface area contributed by atoms with Crippen molar-refractivity contribution in [2.45, 2.75) is 13.0 Å². The third-order valence-corrected chi connectivity index (χ3v) is 3.90. The van der Waals surface area contributed by atoms with E-state index in [1.165, 1.54) is 0 Å². The molecule has 0 saturated heterocycles. The largest absolute Gasteiger partial charge is 0.395 e. The van der Waals surface area contributed by atoms with Gasteiger partial charge in [-0.2, -0.15) is 0 Å². The monoisotopic (exact) mass is 338 g/mol. The number of nitrogens with zero attached hydrogens (tertiary/aromatic N) is 2. The van der Waals surface area contributed by atoms with Crippen LogP contribution in [0.4, 0.5) is 0 Å². The molecular weight excluding hydrogens is 323 g/mol. The highest BCUT2D eigenvalue weighted by molar-refractivity contribution is 6.42. The number of amides is 1. The molecular formula is C16H16Cl2N2O2. The van der Waals surface area contributed by atoms with Crippen molar-refractivity contribution in [3.8, 4) is 0 Å². The Balaban J connectivity index is 2.08. The summed E-state index contributed by atoms with van der Waals surface area (Å²) in [7, 11) is 0. The van der Waals surface area contributed by atoms with E-state index in [1.54, 1.807) is 35.5 Å². The number of pyridine rings is 1. The Hall–Kier alpha value is -1.62. The summed E-state index contributed by atoms with van der Waals surface area (Å²) in [6.45, 7) is 0.538. The minimum atomic E-state index is -0.0971. The summed E-state index contributed by atoms with van der Waals surface area (Å²) >= 11 is 11.9. The summed E-state index contributed by atoms with van der Waals surface area (Å²) < 4.78 is 0. The Kier molecular flexibility index (Phi) is 6.19. The second-order valence-corrected chi connectivity index (χ2v) is 5.64. The van der Waals surface area contributed by atoms with Crippen molar-refractivity contribution in [1.82, 2.24) is 9.88 Å². The van der Waals surface area contributed by atoms with E-state index in [4.69, 9.17) is 23.2 Å². The van der Waals surface area contributed by atoms with Gasteiger partial charge in [0.25, 0.3) is 0 Å². The lowest BCUT2D eigenvalue weighted by atomic mass is 10.1. The second-order valence-electron chi connectivity index (χ2n) is 4.83. The maximum Gasteiger partial charge on any atom is 0.227 e. The maximum absolute atomic E-state index is 12.4. The Bertz CT molecular complexity index is 635. The molecule has 116 valence electrons. The number of benzene rings is 1. The molecule has 22 heavy (non-hydrogen) atoms. The lowest BCUT2D eigenvalue weighted by Crippen LogP contribution is -2.34. The molecule has 0 unspecified atom stereocenters. The van der Waals surface area contributed by atoms with Crippen LogP contribution in [0.3, 0.4) is 0 Å². The van der Waals surface area contributed by atoms with Crippen LogP contribution in [-0.2, 0) is 17.8 Å². The molecule has 0 atom stereocenters. The third-order valence-electron chi connectivity index (χ3n) is 3.16. The number of aliphatic hydroxyl groups is 1. The van der Waals surface area contributed by atoms with E-state index in [1.807, 2.05) is 12.1 Å². The number of aromatic nitrogens is 1. The van der Waals surface area contributed by atoms with Crippen molar-refractivity contribution in [2.75, 3.05) is 13.2 Å². The van der Waals surface area contributed by atoms with Gasteiger partial charge in [-0.3, -0.25) is 9.78 Å². The molecule has 1 N–H and O–H groups in total. The normalized spacial score (nSPS) is 10.5.